The quantitative estimate of drug-likeness (QED) is 0.151. The molecule has 240 valence electrons. The number of hydrogen-bond donors (Lipinski definition) is 0. The molecule has 9 heteroatoms. The number of aliphatic imine (C=N–C) groups is 4. The molecule has 1 unspecified atom stereocenters. The van der Waals surface area contributed by atoms with Crippen molar-refractivity contribution in [2.24, 2.45) is 20.0 Å². The fourth-order valence-electron chi connectivity index (χ4n) is 6.43. The van der Waals surface area contributed by atoms with E-state index in [9.17, 15) is 0 Å². The first-order valence-corrected chi connectivity index (χ1v) is 17.9. The molecule has 2 aliphatic rings. The lowest BCUT2D eigenvalue weighted by atomic mass is 9.84. The molecule has 0 N–H and O–H groups in total. The van der Waals surface area contributed by atoms with Crippen LogP contribution in [0.5, 0.6) is 11.5 Å². The summed E-state index contributed by atoms with van der Waals surface area (Å²) >= 11 is 10.1. The largest absolute Gasteiger partial charge is 0.493 e. The molecular formula is C40H29ClN4O2S2. The van der Waals surface area contributed by atoms with Gasteiger partial charge in [-0.15, -0.1) is 0 Å². The summed E-state index contributed by atoms with van der Waals surface area (Å²) in [7, 11) is 3.25. The molecule has 0 saturated carbocycles. The van der Waals surface area contributed by atoms with Gasteiger partial charge in [-0.25, -0.2) is 20.0 Å². The fourth-order valence-corrected chi connectivity index (χ4v) is 8.04. The minimum Gasteiger partial charge on any atom is -0.493 e. The summed E-state index contributed by atoms with van der Waals surface area (Å²) in [6, 6.07) is 38.1. The van der Waals surface area contributed by atoms with Gasteiger partial charge in [-0.2, -0.15) is 22.7 Å². The van der Waals surface area contributed by atoms with Crippen molar-refractivity contribution in [2.45, 2.75) is 11.3 Å². The van der Waals surface area contributed by atoms with Crippen molar-refractivity contribution in [1.29, 1.82) is 0 Å². The molecule has 0 saturated heterocycles. The summed E-state index contributed by atoms with van der Waals surface area (Å²) in [5, 5.41) is 8.86. The summed E-state index contributed by atoms with van der Waals surface area (Å²) in [5.74, 6) is 1.20. The number of halogens is 1. The molecule has 0 spiro atoms. The van der Waals surface area contributed by atoms with Crippen LogP contribution in [0.15, 0.2) is 157 Å². The van der Waals surface area contributed by atoms with Crippen molar-refractivity contribution in [2.75, 3.05) is 14.2 Å². The van der Waals surface area contributed by atoms with Crippen molar-refractivity contribution < 1.29 is 9.47 Å². The van der Waals surface area contributed by atoms with Crippen molar-refractivity contribution >= 4 is 57.1 Å². The van der Waals surface area contributed by atoms with E-state index in [1.54, 1.807) is 36.9 Å². The van der Waals surface area contributed by atoms with Gasteiger partial charge in [0.25, 0.3) is 0 Å². The Morgan fingerprint density at radius 3 is 1.49 bits per heavy atom. The standard InChI is InChI=1S/C40H29ClN4O2S2/c1-46-33-18-17-28(23-34(33)47-2)37-38(31-15-9-10-16-32(31)41)45-40(44-37,30-20-22-49-25-30)39(29-19-21-48-24-29)42-35(26-11-5-3-6-12-26)36(43-39)27-13-7-4-8-14-27/h3-25H,1-2H3. The van der Waals surface area contributed by atoms with Gasteiger partial charge in [-0.05, 0) is 57.9 Å². The van der Waals surface area contributed by atoms with Crippen LogP contribution in [0.4, 0.5) is 0 Å². The Morgan fingerprint density at radius 1 is 0.510 bits per heavy atom. The number of nitrogens with zero attached hydrogens (tertiary/aromatic N) is 4. The van der Waals surface area contributed by atoms with Gasteiger partial charge in [0.2, 0.25) is 11.3 Å². The summed E-state index contributed by atoms with van der Waals surface area (Å²) < 4.78 is 11.3. The first kappa shape index (κ1) is 31.1. The molecule has 49 heavy (non-hydrogen) atoms. The summed E-state index contributed by atoms with van der Waals surface area (Å²) in [4.78, 5) is 22.7. The van der Waals surface area contributed by atoms with Gasteiger partial charge in [0.1, 0.15) is 0 Å². The zero-order valence-corrected chi connectivity index (χ0v) is 29.0. The maximum atomic E-state index is 6.95. The van der Waals surface area contributed by atoms with E-state index in [-0.39, 0.29) is 0 Å². The lowest BCUT2D eigenvalue weighted by Crippen LogP contribution is -2.42. The molecule has 4 aromatic carbocycles. The average Bonchev–Trinajstić information content (AvgIpc) is 3.99. The number of ether oxygens (including phenoxy) is 2. The Bertz CT molecular complexity index is 2210. The lowest BCUT2D eigenvalue weighted by molar-refractivity contribution is 0.258. The molecule has 8 rings (SSSR count). The molecule has 6 aromatic rings. The highest BCUT2D eigenvalue weighted by Gasteiger charge is 2.61. The molecule has 0 amide bonds. The Balaban J connectivity index is 1.49. The Morgan fingerprint density at radius 2 is 1.00 bits per heavy atom. The van der Waals surface area contributed by atoms with Gasteiger partial charge >= 0.3 is 0 Å². The summed E-state index contributed by atoms with van der Waals surface area (Å²) in [5.41, 5.74) is 5.42. The van der Waals surface area contributed by atoms with Crippen LogP contribution in [0.25, 0.3) is 0 Å². The average molecular weight is 697 g/mol. The smallest absolute Gasteiger partial charge is 0.227 e. The molecule has 6 nitrogen and oxygen atoms in total. The van der Waals surface area contributed by atoms with E-state index < -0.39 is 11.3 Å². The van der Waals surface area contributed by atoms with Crippen LogP contribution in [-0.4, -0.2) is 37.1 Å². The van der Waals surface area contributed by atoms with Gasteiger partial charge < -0.3 is 9.47 Å². The predicted molar refractivity (Wildman–Crippen MR) is 202 cm³/mol. The highest BCUT2D eigenvalue weighted by molar-refractivity contribution is 7.08. The third-order valence-corrected chi connectivity index (χ3v) is 10.5. The van der Waals surface area contributed by atoms with E-state index >= 15 is 0 Å². The summed E-state index contributed by atoms with van der Waals surface area (Å²) in [6.45, 7) is 0. The molecule has 2 aromatic heterocycles. The topological polar surface area (TPSA) is 67.9 Å². The first-order chi connectivity index (χ1) is 24.1. The first-order valence-electron chi connectivity index (χ1n) is 15.6. The van der Waals surface area contributed by atoms with E-state index in [0.29, 0.717) is 27.9 Å². The SMILES string of the molecule is COc1ccc(C2=NC(c3ccsc3)(C3(c4ccsc4)N=C(c4ccccc4)C(c4ccccc4)=N3)N=C2c2ccccc2Cl)cc1OC. The highest BCUT2D eigenvalue weighted by atomic mass is 35.5. The van der Waals surface area contributed by atoms with Gasteiger partial charge in [0.05, 0.1) is 42.1 Å². The Kier molecular flexibility index (Phi) is 8.08. The molecule has 1 atom stereocenters. The van der Waals surface area contributed by atoms with E-state index in [0.717, 1.165) is 44.8 Å². The van der Waals surface area contributed by atoms with E-state index in [1.807, 2.05) is 84.2 Å². The van der Waals surface area contributed by atoms with Gasteiger partial charge in [0.15, 0.2) is 11.5 Å². The van der Waals surface area contributed by atoms with Crippen molar-refractivity contribution in [1.82, 2.24) is 0 Å². The molecule has 0 bridgehead atoms. The van der Waals surface area contributed by atoms with Crippen LogP contribution >= 0.6 is 34.3 Å². The zero-order valence-electron chi connectivity index (χ0n) is 26.6. The van der Waals surface area contributed by atoms with Gasteiger partial charge in [0, 0.05) is 33.4 Å². The molecule has 0 aliphatic carbocycles. The van der Waals surface area contributed by atoms with Crippen LogP contribution in [-0.2, 0) is 11.3 Å². The summed E-state index contributed by atoms with van der Waals surface area (Å²) in [6.07, 6.45) is 0. The normalized spacial score (nSPS) is 18.0. The Labute approximate surface area is 297 Å². The number of hydrogen-bond acceptors (Lipinski definition) is 8. The van der Waals surface area contributed by atoms with E-state index in [4.69, 9.17) is 41.0 Å². The second kappa shape index (κ2) is 12.7. The number of benzene rings is 4. The third-order valence-electron chi connectivity index (χ3n) is 8.76. The lowest BCUT2D eigenvalue weighted by Gasteiger charge is -2.37. The van der Waals surface area contributed by atoms with Crippen LogP contribution in [0.1, 0.15) is 33.4 Å². The van der Waals surface area contributed by atoms with Gasteiger partial charge in [-0.3, -0.25) is 0 Å². The maximum Gasteiger partial charge on any atom is 0.227 e. The second-order valence-corrected chi connectivity index (χ2v) is 13.5. The van der Waals surface area contributed by atoms with Crippen molar-refractivity contribution in [3.8, 4) is 11.5 Å². The van der Waals surface area contributed by atoms with Crippen LogP contribution in [0, 0.1) is 0 Å². The van der Waals surface area contributed by atoms with E-state index in [1.165, 1.54) is 0 Å². The number of methoxy groups -OCH3 is 2. The van der Waals surface area contributed by atoms with E-state index in [2.05, 4.69) is 52.5 Å². The molecule has 0 fully saturated rings. The number of thiophene rings is 2. The zero-order chi connectivity index (χ0) is 33.4. The van der Waals surface area contributed by atoms with Crippen LogP contribution < -0.4 is 9.47 Å². The maximum absolute atomic E-state index is 6.95. The molecule has 2 aliphatic heterocycles. The van der Waals surface area contributed by atoms with Crippen LogP contribution in [0.3, 0.4) is 0 Å². The monoisotopic (exact) mass is 696 g/mol. The third kappa shape index (κ3) is 5.15. The second-order valence-electron chi connectivity index (χ2n) is 11.5. The number of rotatable bonds is 9. The predicted octanol–water partition coefficient (Wildman–Crippen LogP) is 9.47. The molecule has 0 radical (unpaired) electrons. The molecule has 4 heterocycles. The van der Waals surface area contributed by atoms with Crippen molar-refractivity contribution in [3.05, 3.63) is 175 Å². The van der Waals surface area contributed by atoms with Gasteiger partial charge in [-0.1, -0.05) is 90.5 Å². The van der Waals surface area contributed by atoms with Crippen molar-refractivity contribution in [3.63, 3.8) is 0 Å². The highest BCUT2D eigenvalue weighted by Crippen LogP contribution is 2.55. The minimum atomic E-state index is -1.35. The van der Waals surface area contributed by atoms with Crippen LogP contribution in [0.2, 0.25) is 5.02 Å². The minimum absolute atomic E-state index is 0.563. The Hall–Kier alpha value is -5.15. The molecular weight excluding hydrogens is 668 g/mol. The fraction of sp³-hybridized carbons (Fsp3) is 0.100.